The zero-order valence-corrected chi connectivity index (χ0v) is 14.5. The zero-order chi connectivity index (χ0) is 16.9. The maximum atomic E-state index is 12.5. The highest BCUT2D eigenvalue weighted by Gasteiger charge is 2.13. The van der Waals surface area contributed by atoms with Gasteiger partial charge >= 0.3 is 0 Å². The van der Waals surface area contributed by atoms with E-state index in [1.807, 2.05) is 30.5 Å². The Balaban J connectivity index is 1.69. The molecule has 1 N–H and O–H groups in total. The fourth-order valence-electron chi connectivity index (χ4n) is 3.08. The molecule has 2 heterocycles. The first kappa shape index (κ1) is 16.7. The van der Waals surface area contributed by atoms with Crippen LogP contribution in [0.15, 0.2) is 42.7 Å². The van der Waals surface area contributed by atoms with Crippen LogP contribution in [0.1, 0.15) is 54.1 Å². The van der Waals surface area contributed by atoms with Gasteiger partial charge in [-0.1, -0.05) is 26.0 Å². The first-order chi connectivity index (χ1) is 11.6. The van der Waals surface area contributed by atoms with Crippen molar-refractivity contribution in [3.63, 3.8) is 0 Å². The van der Waals surface area contributed by atoms with Crippen molar-refractivity contribution in [2.45, 2.75) is 39.2 Å². The maximum absolute atomic E-state index is 12.5. The number of pyridine rings is 1. The van der Waals surface area contributed by atoms with Crippen molar-refractivity contribution in [2.24, 2.45) is 0 Å². The third-order valence-corrected chi connectivity index (χ3v) is 4.47. The number of hydrogen-bond donors (Lipinski definition) is 1. The third-order valence-electron chi connectivity index (χ3n) is 4.47. The Kier molecular flexibility index (Phi) is 5.26. The summed E-state index contributed by atoms with van der Waals surface area (Å²) in [6, 6.07) is 9.97. The number of amides is 1. The van der Waals surface area contributed by atoms with Gasteiger partial charge < -0.3 is 5.32 Å². The first-order valence-electron chi connectivity index (χ1n) is 8.69. The minimum Gasteiger partial charge on any atom is -0.322 e. The Labute approximate surface area is 143 Å². The lowest BCUT2D eigenvalue weighted by atomic mass is 10.0. The minimum atomic E-state index is -0.105. The van der Waals surface area contributed by atoms with E-state index in [9.17, 15) is 4.79 Å². The molecule has 0 radical (unpaired) electrons. The summed E-state index contributed by atoms with van der Waals surface area (Å²) in [5.41, 5.74) is 3.76. The van der Waals surface area contributed by atoms with E-state index in [1.54, 1.807) is 6.20 Å². The summed E-state index contributed by atoms with van der Waals surface area (Å²) in [7, 11) is 0. The van der Waals surface area contributed by atoms with Crippen molar-refractivity contribution in [3.8, 4) is 0 Å². The molecule has 1 saturated heterocycles. The smallest absolute Gasteiger partial charge is 0.257 e. The molecule has 2 aromatic rings. The summed E-state index contributed by atoms with van der Waals surface area (Å²) >= 11 is 0. The molecule has 1 amide bonds. The summed E-state index contributed by atoms with van der Waals surface area (Å²) < 4.78 is 0. The standard InChI is InChI=1S/C20H25N3O/c1-15(2)17-6-5-7-19(11-17)22-20(24)18-10-16(12-21-13-18)14-23-8-3-4-9-23/h5-7,10-13,15H,3-4,8-9,14H2,1-2H3,(H,22,24). The molecule has 1 fully saturated rings. The largest absolute Gasteiger partial charge is 0.322 e. The van der Waals surface area contributed by atoms with Gasteiger partial charge in [0.15, 0.2) is 0 Å². The molecule has 4 nitrogen and oxygen atoms in total. The van der Waals surface area contributed by atoms with Gasteiger partial charge in [0, 0.05) is 24.6 Å². The number of nitrogens with one attached hydrogen (secondary N) is 1. The van der Waals surface area contributed by atoms with Gasteiger partial charge in [0.25, 0.3) is 5.91 Å². The monoisotopic (exact) mass is 323 g/mol. The van der Waals surface area contributed by atoms with Crippen LogP contribution in [0.2, 0.25) is 0 Å². The molecule has 1 aliphatic heterocycles. The first-order valence-corrected chi connectivity index (χ1v) is 8.69. The van der Waals surface area contributed by atoms with Crippen molar-refractivity contribution >= 4 is 11.6 Å². The van der Waals surface area contributed by atoms with Crippen molar-refractivity contribution in [2.75, 3.05) is 18.4 Å². The van der Waals surface area contributed by atoms with E-state index in [0.717, 1.165) is 30.9 Å². The van der Waals surface area contributed by atoms with Crippen LogP contribution in [-0.4, -0.2) is 28.9 Å². The normalized spacial score (nSPS) is 15.0. The van der Waals surface area contributed by atoms with Gasteiger partial charge in [-0.25, -0.2) is 0 Å². The zero-order valence-electron chi connectivity index (χ0n) is 14.5. The quantitative estimate of drug-likeness (QED) is 0.903. The SMILES string of the molecule is CC(C)c1cccc(NC(=O)c2cncc(CN3CCCC3)c2)c1. The molecule has 24 heavy (non-hydrogen) atoms. The molecule has 0 aliphatic carbocycles. The van der Waals surface area contributed by atoms with Crippen molar-refractivity contribution in [3.05, 3.63) is 59.4 Å². The molecule has 0 spiro atoms. The molecule has 4 heteroatoms. The van der Waals surface area contributed by atoms with Crippen LogP contribution in [-0.2, 0) is 6.54 Å². The van der Waals surface area contributed by atoms with Crippen LogP contribution in [0.4, 0.5) is 5.69 Å². The average molecular weight is 323 g/mol. The predicted octanol–water partition coefficient (Wildman–Crippen LogP) is 4.05. The Morgan fingerprint density at radius 2 is 2.00 bits per heavy atom. The topological polar surface area (TPSA) is 45.2 Å². The number of carbonyl (C=O) groups is 1. The van der Waals surface area contributed by atoms with Gasteiger partial charge in [-0.05, 0) is 61.2 Å². The van der Waals surface area contributed by atoms with E-state index < -0.39 is 0 Å². The average Bonchev–Trinajstić information content (AvgIpc) is 3.08. The second kappa shape index (κ2) is 7.58. The van der Waals surface area contributed by atoms with Gasteiger partial charge in [-0.15, -0.1) is 0 Å². The third kappa shape index (κ3) is 4.20. The van der Waals surface area contributed by atoms with Crippen LogP contribution >= 0.6 is 0 Å². The van der Waals surface area contributed by atoms with Crippen molar-refractivity contribution in [1.29, 1.82) is 0 Å². The number of anilines is 1. The summed E-state index contributed by atoms with van der Waals surface area (Å²) in [5, 5.41) is 2.98. The fourth-order valence-corrected chi connectivity index (χ4v) is 3.08. The molecule has 126 valence electrons. The maximum Gasteiger partial charge on any atom is 0.257 e. The van der Waals surface area contributed by atoms with Crippen LogP contribution in [0.25, 0.3) is 0 Å². The Morgan fingerprint density at radius 3 is 2.75 bits per heavy atom. The number of likely N-dealkylation sites (tertiary alicyclic amines) is 1. The van der Waals surface area contributed by atoms with Crippen molar-refractivity contribution < 1.29 is 4.79 Å². The van der Waals surface area contributed by atoms with E-state index in [4.69, 9.17) is 0 Å². The predicted molar refractivity (Wildman–Crippen MR) is 97.2 cm³/mol. The molecule has 1 aliphatic rings. The van der Waals surface area contributed by atoms with E-state index >= 15 is 0 Å². The van der Waals surface area contributed by atoms with Crippen LogP contribution < -0.4 is 5.32 Å². The van der Waals surface area contributed by atoms with Gasteiger partial charge in [0.1, 0.15) is 0 Å². The van der Waals surface area contributed by atoms with E-state index in [-0.39, 0.29) is 5.91 Å². The number of benzene rings is 1. The van der Waals surface area contributed by atoms with E-state index in [2.05, 4.69) is 35.1 Å². The molecule has 1 aromatic carbocycles. The molecular formula is C20H25N3O. The summed E-state index contributed by atoms with van der Waals surface area (Å²) in [6.07, 6.45) is 6.02. The van der Waals surface area contributed by atoms with E-state index in [1.165, 1.54) is 18.4 Å². The summed E-state index contributed by atoms with van der Waals surface area (Å²) in [4.78, 5) is 19.2. The van der Waals surface area contributed by atoms with Gasteiger partial charge in [-0.2, -0.15) is 0 Å². The van der Waals surface area contributed by atoms with Crippen LogP contribution in [0.3, 0.4) is 0 Å². The number of nitrogens with zero attached hydrogens (tertiary/aromatic N) is 2. The molecule has 0 unspecified atom stereocenters. The summed E-state index contributed by atoms with van der Waals surface area (Å²) in [5.74, 6) is 0.332. The molecule has 1 aromatic heterocycles. The molecular weight excluding hydrogens is 298 g/mol. The Bertz CT molecular complexity index is 706. The molecule has 0 atom stereocenters. The van der Waals surface area contributed by atoms with Crippen LogP contribution in [0.5, 0.6) is 0 Å². The highest BCUT2D eigenvalue weighted by molar-refractivity contribution is 6.04. The number of carbonyl (C=O) groups excluding carboxylic acids is 1. The lowest BCUT2D eigenvalue weighted by Crippen LogP contribution is -2.19. The minimum absolute atomic E-state index is 0.105. The van der Waals surface area contributed by atoms with Gasteiger partial charge in [-0.3, -0.25) is 14.7 Å². The number of rotatable bonds is 5. The van der Waals surface area contributed by atoms with Crippen molar-refractivity contribution in [1.82, 2.24) is 9.88 Å². The lowest BCUT2D eigenvalue weighted by Gasteiger charge is -2.15. The molecule has 3 rings (SSSR count). The molecule has 0 bridgehead atoms. The Morgan fingerprint density at radius 1 is 1.21 bits per heavy atom. The van der Waals surface area contributed by atoms with Gasteiger partial charge in [0.2, 0.25) is 0 Å². The van der Waals surface area contributed by atoms with Crippen LogP contribution in [0, 0.1) is 0 Å². The fraction of sp³-hybridized carbons (Fsp3) is 0.400. The number of hydrogen-bond acceptors (Lipinski definition) is 3. The number of aromatic nitrogens is 1. The second-order valence-electron chi connectivity index (χ2n) is 6.80. The highest BCUT2D eigenvalue weighted by atomic mass is 16.1. The lowest BCUT2D eigenvalue weighted by molar-refractivity contribution is 0.102. The summed E-state index contributed by atoms with van der Waals surface area (Å²) in [6.45, 7) is 7.44. The Hall–Kier alpha value is -2.20. The highest BCUT2D eigenvalue weighted by Crippen LogP contribution is 2.19. The molecule has 0 saturated carbocycles. The van der Waals surface area contributed by atoms with Gasteiger partial charge in [0.05, 0.1) is 5.56 Å². The second-order valence-corrected chi connectivity index (χ2v) is 6.80. The van der Waals surface area contributed by atoms with E-state index in [0.29, 0.717) is 11.5 Å².